The maximum atomic E-state index is 13.7. The summed E-state index contributed by atoms with van der Waals surface area (Å²) in [6.07, 6.45) is 2.10. The highest BCUT2D eigenvalue weighted by molar-refractivity contribution is 6.04. The van der Waals surface area contributed by atoms with E-state index in [1.54, 1.807) is 12.3 Å². The summed E-state index contributed by atoms with van der Waals surface area (Å²) in [4.78, 5) is 40.2. The zero-order chi connectivity index (χ0) is 30.0. The van der Waals surface area contributed by atoms with Gasteiger partial charge in [-0.3, -0.25) is 9.59 Å². The van der Waals surface area contributed by atoms with Gasteiger partial charge in [0.2, 0.25) is 5.91 Å². The number of amides is 2. The first kappa shape index (κ1) is 28.9. The van der Waals surface area contributed by atoms with Crippen LogP contribution in [-0.4, -0.2) is 70.1 Å². The van der Waals surface area contributed by atoms with Crippen molar-refractivity contribution in [1.82, 2.24) is 30.5 Å². The fourth-order valence-electron chi connectivity index (χ4n) is 6.61. The molecule has 4 aromatic rings. The fourth-order valence-corrected chi connectivity index (χ4v) is 6.61. The van der Waals surface area contributed by atoms with E-state index < -0.39 is 24.0 Å². The average Bonchev–Trinajstić information content (AvgIpc) is 3.60. The molecular weight excluding hydrogens is 557 g/mol. The van der Waals surface area contributed by atoms with Crippen LogP contribution in [0.15, 0.2) is 67.1 Å². The van der Waals surface area contributed by atoms with Crippen LogP contribution in [-0.2, 0) is 10.2 Å². The maximum Gasteiger partial charge on any atom is 0.405 e. The van der Waals surface area contributed by atoms with Gasteiger partial charge in [-0.15, -0.1) is 0 Å². The number of H-pyrrole nitrogens is 1. The Morgan fingerprint density at radius 2 is 1.63 bits per heavy atom. The lowest BCUT2D eigenvalue weighted by molar-refractivity contribution is -0.141. The number of nitrogens with one attached hydrogen (secondary N) is 3. The van der Waals surface area contributed by atoms with Gasteiger partial charge in [0.15, 0.2) is 5.65 Å². The lowest BCUT2D eigenvalue weighted by Crippen LogP contribution is -2.47. The Kier molecular flexibility index (Phi) is 7.91. The number of rotatable bonds is 9. The predicted molar refractivity (Wildman–Crippen MR) is 156 cm³/mol. The Morgan fingerprint density at radius 1 is 0.953 bits per heavy atom. The van der Waals surface area contributed by atoms with E-state index in [4.69, 9.17) is 0 Å². The van der Waals surface area contributed by atoms with Gasteiger partial charge in [-0.1, -0.05) is 55.0 Å². The number of carbonyl (C=O) groups is 2. The predicted octanol–water partition coefficient (Wildman–Crippen LogP) is 4.97. The van der Waals surface area contributed by atoms with E-state index in [9.17, 15) is 22.8 Å². The molecule has 0 bridgehead atoms. The van der Waals surface area contributed by atoms with Crippen molar-refractivity contribution in [3.63, 3.8) is 0 Å². The first-order valence-corrected chi connectivity index (χ1v) is 14.6. The number of nitrogens with zero attached hydrogens (tertiary/aromatic N) is 3. The third kappa shape index (κ3) is 5.73. The summed E-state index contributed by atoms with van der Waals surface area (Å²) >= 11 is 0. The topological polar surface area (TPSA) is 103 Å². The maximum absolute atomic E-state index is 13.7. The molecule has 43 heavy (non-hydrogen) atoms. The molecule has 2 aliphatic rings. The van der Waals surface area contributed by atoms with Gasteiger partial charge in [-0.25, -0.2) is 9.97 Å². The standard InChI is InChI=1S/C32H33F3N6O2/c33-32(34,35)19-37-30(43)31(25-9-3-1-7-22(25)23-8-2-4-10-26(23)31)14-5-6-16-41-17-12-21(13-18-41)40-29(42)24-11-15-36-28-27(24)38-20-39-28/h1-4,7-11,15,20-21H,5-6,12-14,16-19H2,(H,37,43)(H,40,42)(H,36,38,39). The molecule has 1 saturated heterocycles. The van der Waals surface area contributed by atoms with Gasteiger partial charge in [0.1, 0.15) is 12.0 Å². The Hall–Kier alpha value is -4.25. The Labute approximate surface area is 247 Å². The zero-order valence-corrected chi connectivity index (χ0v) is 23.6. The van der Waals surface area contributed by atoms with Crippen molar-refractivity contribution in [2.75, 3.05) is 26.2 Å². The molecule has 1 aliphatic carbocycles. The molecule has 1 aliphatic heterocycles. The molecule has 1 fully saturated rings. The molecule has 3 heterocycles. The Morgan fingerprint density at radius 3 is 2.30 bits per heavy atom. The van der Waals surface area contributed by atoms with Gasteiger partial charge in [-0.05, 0) is 60.5 Å². The van der Waals surface area contributed by atoms with Crippen LogP contribution >= 0.6 is 0 Å². The number of unbranched alkanes of at least 4 members (excludes halogenated alkanes) is 1. The monoisotopic (exact) mass is 590 g/mol. The molecule has 0 atom stereocenters. The van der Waals surface area contributed by atoms with Crippen molar-refractivity contribution in [3.05, 3.63) is 83.8 Å². The van der Waals surface area contributed by atoms with E-state index in [1.165, 1.54) is 6.33 Å². The van der Waals surface area contributed by atoms with Crippen LogP contribution in [0.1, 0.15) is 53.6 Å². The smallest absolute Gasteiger partial charge is 0.349 e. The first-order valence-electron chi connectivity index (χ1n) is 14.6. The number of carbonyl (C=O) groups excluding carboxylic acids is 2. The molecule has 224 valence electrons. The van der Waals surface area contributed by atoms with Crippen molar-refractivity contribution >= 4 is 23.0 Å². The van der Waals surface area contributed by atoms with E-state index in [1.807, 2.05) is 48.5 Å². The van der Waals surface area contributed by atoms with Crippen molar-refractivity contribution < 1.29 is 22.8 Å². The van der Waals surface area contributed by atoms with Crippen LogP contribution < -0.4 is 10.6 Å². The lowest BCUT2D eigenvalue weighted by atomic mass is 9.73. The Bertz CT molecular complexity index is 1580. The third-order valence-corrected chi connectivity index (χ3v) is 8.67. The zero-order valence-electron chi connectivity index (χ0n) is 23.6. The molecule has 2 aromatic heterocycles. The summed E-state index contributed by atoms with van der Waals surface area (Å²) in [7, 11) is 0. The van der Waals surface area contributed by atoms with E-state index in [2.05, 4.69) is 30.5 Å². The molecule has 11 heteroatoms. The van der Waals surface area contributed by atoms with Crippen molar-refractivity contribution in [1.29, 1.82) is 0 Å². The largest absolute Gasteiger partial charge is 0.405 e. The molecule has 6 rings (SSSR count). The van der Waals surface area contributed by atoms with Crippen LogP contribution in [0.2, 0.25) is 0 Å². The molecule has 0 unspecified atom stereocenters. The first-order chi connectivity index (χ1) is 20.8. The lowest BCUT2D eigenvalue weighted by Gasteiger charge is -2.33. The number of imidazole rings is 1. The molecule has 0 spiro atoms. The number of likely N-dealkylation sites (tertiary alicyclic amines) is 1. The third-order valence-electron chi connectivity index (χ3n) is 8.67. The minimum absolute atomic E-state index is 0.0574. The highest BCUT2D eigenvalue weighted by Gasteiger charge is 2.49. The van der Waals surface area contributed by atoms with Crippen molar-refractivity contribution in [3.8, 4) is 11.1 Å². The van der Waals surface area contributed by atoms with Crippen LogP contribution in [0.3, 0.4) is 0 Å². The van der Waals surface area contributed by atoms with E-state index in [-0.39, 0.29) is 11.9 Å². The van der Waals surface area contributed by atoms with Crippen LogP contribution in [0.25, 0.3) is 22.3 Å². The fraction of sp³-hybridized carbons (Fsp3) is 0.375. The second-order valence-electron chi connectivity index (χ2n) is 11.3. The van der Waals surface area contributed by atoms with Gasteiger partial charge in [0.05, 0.1) is 17.4 Å². The highest BCUT2D eigenvalue weighted by atomic mass is 19.4. The SMILES string of the molecule is O=C(NC1CCN(CCCCC2(C(=O)NCC(F)(F)F)c3ccccc3-c3ccccc32)CC1)c1ccnc2nc[nH]c12. The highest BCUT2D eigenvalue weighted by Crippen LogP contribution is 2.51. The average molecular weight is 591 g/mol. The molecule has 2 amide bonds. The summed E-state index contributed by atoms with van der Waals surface area (Å²) in [6.45, 7) is 1.09. The summed E-state index contributed by atoms with van der Waals surface area (Å²) in [5.74, 6) is -0.762. The van der Waals surface area contributed by atoms with Gasteiger partial charge >= 0.3 is 6.18 Å². The van der Waals surface area contributed by atoms with Crippen LogP contribution in [0.5, 0.6) is 0 Å². The summed E-state index contributed by atoms with van der Waals surface area (Å²) in [6, 6.07) is 16.8. The number of benzene rings is 2. The second kappa shape index (κ2) is 11.8. The van der Waals surface area contributed by atoms with E-state index in [0.717, 1.165) is 61.2 Å². The molecule has 0 saturated carbocycles. The number of aromatic nitrogens is 3. The van der Waals surface area contributed by atoms with Crippen LogP contribution in [0, 0.1) is 0 Å². The van der Waals surface area contributed by atoms with Gasteiger partial charge < -0.3 is 20.5 Å². The number of hydrogen-bond donors (Lipinski definition) is 3. The van der Waals surface area contributed by atoms with Gasteiger partial charge in [0, 0.05) is 25.3 Å². The molecule has 3 N–H and O–H groups in total. The van der Waals surface area contributed by atoms with E-state index >= 15 is 0 Å². The summed E-state index contributed by atoms with van der Waals surface area (Å²) in [5.41, 5.74) is 3.77. The quantitative estimate of drug-likeness (QED) is 0.239. The number of fused-ring (bicyclic) bond motifs is 4. The number of pyridine rings is 1. The molecular formula is C32H33F3N6O2. The second-order valence-corrected chi connectivity index (χ2v) is 11.3. The van der Waals surface area contributed by atoms with Gasteiger partial charge in [0.25, 0.3) is 5.91 Å². The molecule has 8 nitrogen and oxygen atoms in total. The number of aromatic amines is 1. The molecule has 0 radical (unpaired) electrons. The number of halogens is 3. The normalized spacial score (nSPS) is 16.5. The van der Waals surface area contributed by atoms with Gasteiger partial charge in [-0.2, -0.15) is 13.2 Å². The Balaban J connectivity index is 1.07. The summed E-state index contributed by atoms with van der Waals surface area (Å²) in [5, 5.41) is 5.34. The van der Waals surface area contributed by atoms with E-state index in [0.29, 0.717) is 29.6 Å². The number of alkyl halides is 3. The van der Waals surface area contributed by atoms with Crippen LogP contribution in [0.4, 0.5) is 13.2 Å². The minimum atomic E-state index is -4.50. The van der Waals surface area contributed by atoms with Crippen molar-refractivity contribution in [2.24, 2.45) is 0 Å². The summed E-state index contributed by atoms with van der Waals surface area (Å²) < 4.78 is 39.3. The number of piperidine rings is 1. The number of hydrogen-bond acceptors (Lipinski definition) is 5. The van der Waals surface area contributed by atoms with Crippen molar-refractivity contribution in [2.45, 2.75) is 49.7 Å². The molecule has 2 aromatic carbocycles. The minimum Gasteiger partial charge on any atom is -0.349 e.